The molecule has 2 aliphatic carbocycles. The topological polar surface area (TPSA) is 36.9 Å². The molecule has 0 radical (unpaired) electrons. The molecule has 3 aromatic carbocycles. The van der Waals surface area contributed by atoms with Crippen LogP contribution in [0.5, 0.6) is 0 Å². The molecule has 55 heavy (non-hydrogen) atoms. The van der Waals surface area contributed by atoms with E-state index in [-0.39, 0.29) is 12.9 Å². The molecule has 6 heteroatoms. The SMILES string of the molecule is CCCCCCc1ccc(C2(c3ccc(CCCCCC)cc3)C3=C(C=CC(B4OC(C)(C)C(C)(C)O4)C3)c3ccc(B4OC(C)(C)C(C)(C)O4)cc32)cc1. The predicted molar refractivity (Wildman–Crippen MR) is 231 cm³/mol. The molecule has 4 nitrogen and oxygen atoms in total. The Morgan fingerprint density at radius 2 is 1.07 bits per heavy atom. The number of rotatable bonds is 14. The van der Waals surface area contributed by atoms with Gasteiger partial charge in [-0.25, -0.2) is 0 Å². The van der Waals surface area contributed by atoms with Crippen LogP contribution in [0.15, 0.2) is 84.5 Å². The Bertz CT molecular complexity index is 1800. The fourth-order valence-corrected chi connectivity index (χ4v) is 9.17. The summed E-state index contributed by atoms with van der Waals surface area (Å²) in [4.78, 5) is 0. The van der Waals surface area contributed by atoms with Crippen LogP contribution in [0.4, 0.5) is 0 Å². The maximum absolute atomic E-state index is 6.75. The van der Waals surface area contributed by atoms with Gasteiger partial charge in [-0.2, -0.15) is 0 Å². The summed E-state index contributed by atoms with van der Waals surface area (Å²) in [6, 6.07) is 26.3. The molecule has 1 unspecified atom stereocenters. The summed E-state index contributed by atoms with van der Waals surface area (Å²) in [5.41, 5.74) is 9.66. The molecule has 4 aliphatic rings. The first-order valence-corrected chi connectivity index (χ1v) is 21.6. The maximum Gasteiger partial charge on any atom is 0.494 e. The fraction of sp³-hybridized carbons (Fsp3) is 0.551. The van der Waals surface area contributed by atoms with E-state index in [0.717, 1.165) is 24.7 Å². The Kier molecular flexibility index (Phi) is 11.3. The van der Waals surface area contributed by atoms with Crippen molar-refractivity contribution in [2.24, 2.45) is 0 Å². The molecule has 2 saturated heterocycles. The Morgan fingerprint density at radius 3 is 1.56 bits per heavy atom. The van der Waals surface area contributed by atoms with E-state index in [1.807, 2.05) is 0 Å². The van der Waals surface area contributed by atoms with E-state index in [9.17, 15) is 0 Å². The molecule has 0 amide bonds. The van der Waals surface area contributed by atoms with E-state index in [1.165, 1.54) is 95.9 Å². The molecule has 0 spiro atoms. The van der Waals surface area contributed by atoms with Crippen LogP contribution in [0.2, 0.25) is 5.82 Å². The van der Waals surface area contributed by atoms with Gasteiger partial charge in [0, 0.05) is 5.82 Å². The lowest BCUT2D eigenvalue weighted by Gasteiger charge is -2.38. The zero-order valence-corrected chi connectivity index (χ0v) is 35.6. The van der Waals surface area contributed by atoms with Crippen molar-refractivity contribution in [3.05, 3.63) is 118 Å². The first kappa shape index (κ1) is 40.3. The van der Waals surface area contributed by atoms with Crippen molar-refractivity contribution in [2.45, 2.75) is 174 Å². The van der Waals surface area contributed by atoms with Gasteiger partial charge in [-0.3, -0.25) is 0 Å². The van der Waals surface area contributed by atoms with Crippen molar-refractivity contribution in [1.29, 1.82) is 0 Å². The fourth-order valence-electron chi connectivity index (χ4n) is 9.17. The molecule has 292 valence electrons. The zero-order valence-electron chi connectivity index (χ0n) is 35.6. The van der Waals surface area contributed by atoms with Crippen molar-refractivity contribution < 1.29 is 18.6 Å². The van der Waals surface area contributed by atoms with E-state index >= 15 is 0 Å². The summed E-state index contributed by atoms with van der Waals surface area (Å²) in [7, 11) is -0.775. The van der Waals surface area contributed by atoms with E-state index < -0.39 is 34.9 Å². The Hall–Kier alpha value is -2.89. The number of aryl methyl sites for hydroxylation is 2. The minimum atomic E-state index is -0.515. The Morgan fingerprint density at radius 1 is 0.582 bits per heavy atom. The normalized spacial score (nSPS) is 22.7. The van der Waals surface area contributed by atoms with Gasteiger partial charge >= 0.3 is 14.2 Å². The second-order valence-corrected chi connectivity index (χ2v) is 18.9. The van der Waals surface area contributed by atoms with Gasteiger partial charge in [0.2, 0.25) is 0 Å². The minimum Gasteiger partial charge on any atom is -0.403 e. The standard InChI is InChI=1S/C49H66B2O4/c1-11-13-15-17-19-35-21-25-37(26-22-35)49(38-27-23-36(24-28-38)20-18-16-14-12-2)43-33-39(50-52-45(3,4)46(5,6)53-50)29-31-41(43)42-32-30-40(34-44(42)49)51-54-47(7,8)48(9,10)55-51/h21-33,40H,11-20,34H2,1-10H3. The molecule has 0 aromatic heterocycles. The average molecular weight is 741 g/mol. The summed E-state index contributed by atoms with van der Waals surface area (Å²) in [6.45, 7) is 21.7. The van der Waals surface area contributed by atoms with Crippen LogP contribution in [0.3, 0.4) is 0 Å². The molecular weight excluding hydrogens is 674 g/mol. The quantitative estimate of drug-likeness (QED) is 0.122. The average Bonchev–Trinajstić information content (AvgIpc) is 3.66. The molecule has 2 aliphatic heterocycles. The van der Waals surface area contributed by atoms with Crippen molar-refractivity contribution in [2.75, 3.05) is 0 Å². The van der Waals surface area contributed by atoms with Gasteiger partial charge in [0.05, 0.1) is 27.8 Å². The third kappa shape index (κ3) is 7.39. The maximum atomic E-state index is 6.75. The van der Waals surface area contributed by atoms with Gasteiger partial charge < -0.3 is 18.6 Å². The molecule has 0 N–H and O–H groups in total. The lowest BCUT2D eigenvalue weighted by atomic mass is 9.59. The predicted octanol–water partition coefficient (Wildman–Crippen LogP) is 11.8. The summed E-state index contributed by atoms with van der Waals surface area (Å²) in [5, 5.41) is 0. The summed E-state index contributed by atoms with van der Waals surface area (Å²) < 4.78 is 26.9. The highest BCUT2D eigenvalue weighted by atomic mass is 16.7. The van der Waals surface area contributed by atoms with E-state index in [4.69, 9.17) is 18.6 Å². The van der Waals surface area contributed by atoms with Crippen LogP contribution in [0.1, 0.15) is 160 Å². The van der Waals surface area contributed by atoms with Crippen molar-refractivity contribution in [3.63, 3.8) is 0 Å². The third-order valence-corrected chi connectivity index (χ3v) is 14.0. The van der Waals surface area contributed by atoms with Crippen LogP contribution in [0, 0.1) is 0 Å². The number of unbranched alkanes of at least 4 members (excludes halogenated alkanes) is 6. The van der Waals surface area contributed by atoms with Crippen LogP contribution in [0.25, 0.3) is 5.57 Å². The molecule has 2 heterocycles. The first-order valence-electron chi connectivity index (χ1n) is 21.6. The van der Waals surface area contributed by atoms with Crippen LogP contribution >= 0.6 is 0 Å². The second-order valence-electron chi connectivity index (χ2n) is 18.9. The first-order chi connectivity index (χ1) is 26.1. The molecule has 0 bridgehead atoms. The Labute approximate surface area is 334 Å². The molecule has 7 rings (SSSR count). The highest BCUT2D eigenvalue weighted by Gasteiger charge is 2.57. The van der Waals surface area contributed by atoms with Crippen molar-refractivity contribution >= 4 is 25.3 Å². The molecule has 1 atom stereocenters. The monoisotopic (exact) mass is 741 g/mol. The van der Waals surface area contributed by atoms with Crippen molar-refractivity contribution in [3.8, 4) is 0 Å². The molecule has 2 fully saturated rings. The van der Waals surface area contributed by atoms with Crippen LogP contribution in [-0.4, -0.2) is 36.6 Å². The molecule has 3 aromatic rings. The second kappa shape index (κ2) is 15.5. The van der Waals surface area contributed by atoms with Gasteiger partial charge in [0.15, 0.2) is 0 Å². The summed E-state index contributed by atoms with van der Waals surface area (Å²) >= 11 is 0. The van der Waals surface area contributed by atoms with Crippen LogP contribution in [-0.2, 0) is 36.9 Å². The van der Waals surface area contributed by atoms with Crippen molar-refractivity contribution in [1.82, 2.24) is 0 Å². The number of benzene rings is 3. The third-order valence-electron chi connectivity index (χ3n) is 14.0. The largest absolute Gasteiger partial charge is 0.494 e. The van der Waals surface area contributed by atoms with Gasteiger partial charge in [0.25, 0.3) is 0 Å². The van der Waals surface area contributed by atoms with Crippen LogP contribution < -0.4 is 5.46 Å². The minimum absolute atomic E-state index is 0.0757. The lowest BCUT2D eigenvalue weighted by Crippen LogP contribution is -2.41. The summed E-state index contributed by atoms with van der Waals surface area (Å²) in [6.07, 6.45) is 17.9. The van der Waals surface area contributed by atoms with Gasteiger partial charge in [-0.15, -0.1) is 0 Å². The zero-order chi connectivity index (χ0) is 39.2. The number of fused-ring (bicyclic) bond motifs is 2. The van der Waals surface area contributed by atoms with E-state index in [1.54, 1.807) is 0 Å². The van der Waals surface area contributed by atoms with Gasteiger partial charge in [0.1, 0.15) is 0 Å². The number of allylic oxidation sites excluding steroid dienone is 4. The van der Waals surface area contributed by atoms with Gasteiger partial charge in [-0.05, 0) is 137 Å². The van der Waals surface area contributed by atoms with E-state index in [2.05, 4.69) is 148 Å². The van der Waals surface area contributed by atoms with Gasteiger partial charge in [-0.1, -0.05) is 131 Å². The molecular formula is C49H66B2O4. The highest BCUT2D eigenvalue weighted by Crippen LogP contribution is 2.59. The number of hydrogen-bond donors (Lipinski definition) is 0. The summed E-state index contributed by atoms with van der Waals surface area (Å²) in [5.74, 6) is 0.0757. The smallest absolute Gasteiger partial charge is 0.403 e. The highest BCUT2D eigenvalue weighted by molar-refractivity contribution is 6.62. The van der Waals surface area contributed by atoms with E-state index in [0.29, 0.717) is 0 Å². The lowest BCUT2D eigenvalue weighted by molar-refractivity contribution is 0.00578. The Balaban J connectivity index is 1.37. The number of hydrogen-bond acceptors (Lipinski definition) is 4. The molecule has 0 saturated carbocycles.